The quantitative estimate of drug-likeness (QED) is 0.676. The van der Waals surface area contributed by atoms with E-state index >= 15 is 0 Å². The Labute approximate surface area is 121 Å². The van der Waals surface area contributed by atoms with Crippen LogP contribution >= 0.6 is 27.5 Å². The smallest absolute Gasteiger partial charge is 0.313 e. The summed E-state index contributed by atoms with van der Waals surface area (Å²) in [6.45, 7) is 0. The molecule has 1 aromatic carbocycles. The second kappa shape index (κ2) is 5.41. The molecule has 0 saturated carbocycles. The van der Waals surface area contributed by atoms with Crippen LogP contribution in [0.15, 0.2) is 34.9 Å². The highest BCUT2D eigenvalue weighted by Gasteiger charge is 2.18. The molecule has 1 heterocycles. The highest BCUT2D eigenvalue weighted by Crippen LogP contribution is 2.35. The number of benzene rings is 1. The number of nitrogen functional groups attached to an aromatic ring is 1. The first-order valence-corrected chi connectivity index (χ1v) is 6.17. The van der Waals surface area contributed by atoms with E-state index in [9.17, 15) is 10.1 Å². The molecule has 2 N–H and O–H groups in total. The molecule has 8 heteroatoms. The molecule has 0 saturated heterocycles. The van der Waals surface area contributed by atoms with Crippen molar-refractivity contribution in [2.75, 3.05) is 5.73 Å². The van der Waals surface area contributed by atoms with Gasteiger partial charge in [0.15, 0.2) is 0 Å². The van der Waals surface area contributed by atoms with Gasteiger partial charge < -0.3 is 10.5 Å². The van der Waals surface area contributed by atoms with Gasteiger partial charge in [0.25, 0.3) is 0 Å². The van der Waals surface area contributed by atoms with Gasteiger partial charge >= 0.3 is 5.69 Å². The topological polar surface area (TPSA) is 91.3 Å². The summed E-state index contributed by atoms with van der Waals surface area (Å²) in [5.41, 5.74) is 5.76. The van der Waals surface area contributed by atoms with Crippen molar-refractivity contribution in [2.24, 2.45) is 0 Å². The van der Waals surface area contributed by atoms with Crippen molar-refractivity contribution in [3.63, 3.8) is 0 Å². The summed E-state index contributed by atoms with van der Waals surface area (Å²) in [6, 6.07) is 5.70. The number of anilines is 1. The van der Waals surface area contributed by atoms with Crippen molar-refractivity contribution >= 4 is 38.9 Å². The molecule has 0 fully saturated rings. The Morgan fingerprint density at radius 1 is 1.42 bits per heavy atom. The lowest BCUT2D eigenvalue weighted by molar-refractivity contribution is -0.385. The minimum atomic E-state index is -0.577. The van der Waals surface area contributed by atoms with E-state index in [4.69, 9.17) is 22.1 Å². The van der Waals surface area contributed by atoms with Gasteiger partial charge in [0.2, 0.25) is 11.6 Å². The lowest BCUT2D eigenvalue weighted by Crippen LogP contribution is -1.96. The molecule has 6 nitrogen and oxygen atoms in total. The number of aromatic nitrogens is 1. The van der Waals surface area contributed by atoms with Crippen LogP contribution in [0.4, 0.5) is 11.4 Å². The fourth-order valence-electron chi connectivity index (χ4n) is 1.34. The maximum Gasteiger partial charge on any atom is 0.313 e. The van der Waals surface area contributed by atoms with Crippen LogP contribution < -0.4 is 10.5 Å². The summed E-state index contributed by atoms with van der Waals surface area (Å²) < 4.78 is 5.89. The number of nitrogens with two attached hydrogens (primary N) is 1. The van der Waals surface area contributed by atoms with E-state index in [1.165, 1.54) is 24.4 Å². The fourth-order valence-corrected chi connectivity index (χ4v) is 1.95. The van der Waals surface area contributed by atoms with Gasteiger partial charge in [-0.2, -0.15) is 0 Å². The van der Waals surface area contributed by atoms with E-state index in [1.807, 2.05) is 0 Å². The van der Waals surface area contributed by atoms with Gasteiger partial charge in [0, 0.05) is 11.1 Å². The number of rotatable bonds is 3. The summed E-state index contributed by atoms with van der Waals surface area (Å²) in [4.78, 5) is 14.3. The second-order valence-electron chi connectivity index (χ2n) is 3.53. The van der Waals surface area contributed by atoms with Gasteiger partial charge in [-0.15, -0.1) is 0 Å². The van der Waals surface area contributed by atoms with E-state index in [2.05, 4.69) is 20.9 Å². The molecule has 98 valence electrons. The summed E-state index contributed by atoms with van der Waals surface area (Å²) in [5, 5.41) is 11.2. The van der Waals surface area contributed by atoms with Crippen molar-refractivity contribution < 1.29 is 9.66 Å². The minimum absolute atomic E-state index is 0.0485. The third kappa shape index (κ3) is 3.12. The second-order valence-corrected chi connectivity index (χ2v) is 4.82. The van der Waals surface area contributed by atoms with Crippen LogP contribution in [0.1, 0.15) is 0 Å². The lowest BCUT2D eigenvalue weighted by atomic mass is 10.3. The van der Waals surface area contributed by atoms with Crippen LogP contribution in [0, 0.1) is 10.1 Å². The van der Waals surface area contributed by atoms with Crippen molar-refractivity contribution in [1.82, 2.24) is 4.98 Å². The van der Waals surface area contributed by atoms with Crippen molar-refractivity contribution in [1.29, 1.82) is 0 Å². The Bertz CT molecular complexity index is 651. The number of nitro benzene ring substituents is 1. The maximum atomic E-state index is 10.9. The van der Waals surface area contributed by atoms with E-state index < -0.39 is 4.92 Å². The maximum absolute atomic E-state index is 10.9. The predicted molar refractivity (Wildman–Crippen MR) is 74.5 cm³/mol. The van der Waals surface area contributed by atoms with E-state index in [0.29, 0.717) is 10.2 Å². The number of ether oxygens (including phenoxy) is 1. The number of hydrogen-bond acceptors (Lipinski definition) is 5. The van der Waals surface area contributed by atoms with Crippen molar-refractivity contribution in [3.8, 4) is 11.6 Å². The Morgan fingerprint density at radius 3 is 2.79 bits per heavy atom. The number of hydrogen-bond donors (Lipinski definition) is 1. The van der Waals surface area contributed by atoms with Crippen LogP contribution in [0.2, 0.25) is 5.02 Å². The molecule has 0 bridgehead atoms. The number of halogens is 2. The molecule has 0 aliphatic heterocycles. The zero-order chi connectivity index (χ0) is 14.0. The molecule has 1 aromatic heterocycles. The molecule has 2 aromatic rings. The summed E-state index contributed by atoms with van der Waals surface area (Å²) >= 11 is 8.93. The van der Waals surface area contributed by atoms with Crippen LogP contribution in [0.3, 0.4) is 0 Å². The molecule has 2 rings (SSSR count). The molecule has 0 atom stereocenters. The first kappa shape index (κ1) is 13.6. The molecule has 0 amide bonds. The Balaban J connectivity index is 2.40. The van der Waals surface area contributed by atoms with Crippen LogP contribution in [0.5, 0.6) is 11.6 Å². The van der Waals surface area contributed by atoms with Crippen molar-refractivity contribution in [3.05, 3.63) is 50.1 Å². The zero-order valence-corrected chi connectivity index (χ0v) is 11.7. The molecule has 0 radical (unpaired) electrons. The van der Waals surface area contributed by atoms with Gasteiger partial charge in [0.1, 0.15) is 0 Å². The van der Waals surface area contributed by atoms with E-state index in [0.717, 1.165) is 0 Å². The highest BCUT2D eigenvalue weighted by atomic mass is 79.9. The molecule has 0 spiro atoms. The number of nitro groups is 1. The fraction of sp³-hybridized carbons (Fsp3) is 0. The lowest BCUT2D eigenvalue weighted by Gasteiger charge is -2.07. The summed E-state index contributed by atoms with van der Waals surface area (Å²) in [7, 11) is 0. The van der Waals surface area contributed by atoms with Crippen molar-refractivity contribution in [2.45, 2.75) is 0 Å². The monoisotopic (exact) mass is 343 g/mol. The van der Waals surface area contributed by atoms with Gasteiger partial charge in [-0.1, -0.05) is 11.6 Å². The molecular weight excluding hydrogens is 337 g/mol. The zero-order valence-electron chi connectivity index (χ0n) is 9.34. The van der Waals surface area contributed by atoms with Crippen LogP contribution in [0.25, 0.3) is 0 Å². The molecule has 0 unspecified atom stereocenters. The van der Waals surface area contributed by atoms with Gasteiger partial charge in [-0.05, 0) is 34.1 Å². The SMILES string of the molecule is Nc1cnc(Oc2ccc(Cl)cc2[N+](=O)[O-])c(Br)c1. The molecular formula is C11H7BrClN3O3. The summed E-state index contributed by atoms with van der Waals surface area (Å²) in [5.74, 6) is 0.229. The number of pyridine rings is 1. The standard InChI is InChI=1S/C11H7BrClN3O3/c12-8-4-7(14)5-15-11(8)19-10-2-1-6(13)3-9(10)16(17)18/h1-5H,14H2. The third-order valence-corrected chi connectivity index (χ3v) is 2.96. The molecule has 0 aliphatic rings. The van der Waals surface area contributed by atoms with E-state index in [-0.39, 0.29) is 22.3 Å². The van der Waals surface area contributed by atoms with E-state index in [1.54, 1.807) is 6.07 Å². The minimum Gasteiger partial charge on any atom is -0.431 e. The number of nitrogens with zero attached hydrogens (tertiary/aromatic N) is 2. The predicted octanol–water partition coefficient (Wildman–Crippen LogP) is 3.78. The normalized spacial score (nSPS) is 10.2. The van der Waals surface area contributed by atoms with Gasteiger partial charge in [-0.3, -0.25) is 10.1 Å². The first-order valence-electron chi connectivity index (χ1n) is 5.00. The highest BCUT2D eigenvalue weighted by molar-refractivity contribution is 9.10. The Morgan fingerprint density at radius 2 is 2.16 bits per heavy atom. The Kier molecular flexibility index (Phi) is 3.87. The van der Waals surface area contributed by atoms with Crippen LogP contribution in [-0.2, 0) is 0 Å². The molecule has 0 aliphatic carbocycles. The average Bonchev–Trinajstić information content (AvgIpc) is 2.34. The summed E-state index contributed by atoms with van der Waals surface area (Å²) in [6.07, 6.45) is 1.39. The van der Waals surface area contributed by atoms with Gasteiger partial charge in [0.05, 0.1) is 21.3 Å². The average molecular weight is 345 g/mol. The Hall–Kier alpha value is -1.86. The largest absolute Gasteiger partial charge is 0.431 e. The third-order valence-electron chi connectivity index (χ3n) is 2.15. The first-order chi connectivity index (χ1) is 8.97. The molecule has 19 heavy (non-hydrogen) atoms. The van der Waals surface area contributed by atoms with Crippen LogP contribution in [-0.4, -0.2) is 9.91 Å². The van der Waals surface area contributed by atoms with Gasteiger partial charge in [-0.25, -0.2) is 4.98 Å².